The quantitative estimate of drug-likeness (QED) is 0.773. The Balaban J connectivity index is 2.10. The van der Waals surface area contributed by atoms with Crippen molar-refractivity contribution >= 4 is 5.97 Å². The number of pyridine rings is 1. The molecular weight excluding hydrogens is 192 g/mol. The van der Waals surface area contributed by atoms with E-state index in [4.69, 9.17) is 5.11 Å². The number of aromatic nitrogens is 1. The first-order valence-electron chi connectivity index (χ1n) is 5.05. The molecule has 1 aliphatic rings. The molecule has 0 spiro atoms. The average Bonchev–Trinajstić information content (AvgIpc) is 3.01. The molecule has 0 saturated heterocycles. The van der Waals surface area contributed by atoms with Gasteiger partial charge in [-0.05, 0) is 31.5 Å². The Bertz CT molecular complexity index is 353. The average molecular weight is 206 g/mol. The predicted molar refractivity (Wildman–Crippen MR) is 55.3 cm³/mol. The predicted octanol–water partition coefficient (Wildman–Crippen LogP) is 1.06. The molecule has 2 rings (SSSR count). The SMILES string of the molecule is CNC(c1ccccn1)C1CC1C(=O)O. The van der Waals surface area contributed by atoms with Gasteiger partial charge in [0.15, 0.2) is 0 Å². The number of rotatable bonds is 4. The second-order valence-electron chi connectivity index (χ2n) is 3.87. The normalized spacial score (nSPS) is 25.9. The van der Waals surface area contributed by atoms with E-state index in [0.717, 1.165) is 12.1 Å². The maximum Gasteiger partial charge on any atom is 0.306 e. The monoisotopic (exact) mass is 206 g/mol. The van der Waals surface area contributed by atoms with Crippen molar-refractivity contribution < 1.29 is 9.90 Å². The zero-order valence-electron chi connectivity index (χ0n) is 8.55. The zero-order chi connectivity index (χ0) is 10.8. The lowest BCUT2D eigenvalue weighted by molar-refractivity contribution is -0.138. The number of nitrogens with zero attached hydrogens (tertiary/aromatic N) is 1. The fraction of sp³-hybridized carbons (Fsp3) is 0.455. The molecule has 1 saturated carbocycles. The first kappa shape index (κ1) is 10.1. The van der Waals surface area contributed by atoms with E-state index >= 15 is 0 Å². The van der Waals surface area contributed by atoms with Gasteiger partial charge >= 0.3 is 5.97 Å². The van der Waals surface area contributed by atoms with E-state index < -0.39 is 5.97 Å². The molecule has 0 bridgehead atoms. The fourth-order valence-electron chi connectivity index (χ4n) is 2.01. The highest BCUT2D eigenvalue weighted by atomic mass is 16.4. The van der Waals surface area contributed by atoms with Gasteiger partial charge in [-0.25, -0.2) is 0 Å². The molecule has 0 aromatic carbocycles. The van der Waals surface area contributed by atoms with Crippen LogP contribution >= 0.6 is 0 Å². The number of nitrogens with one attached hydrogen (secondary N) is 1. The van der Waals surface area contributed by atoms with Crippen LogP contribution in [0.5, 0.6) is 0 Å². The van der Waals surface area contributed by atoms with Gasteiger partial charge in [-0.2, -0.15) is 0 Å². The third-order valence-corrected chi connectivity index (χ3v) is 2.90. The van der Waals surface area contributed by atoms with Crippen molar-refractivity contribution in [1.29, 1.82) is 0 Å². The third-order valence-electron chi connectivity index (χ3n) is 2.90. The van der Waals surface area contributed by atoms with Gasteiger partial charge in [-0.3, -0.25) is 9.78 Å². The maximum atomic E-state index is 10.8. The lowest BCUT2D eigenvalue weighted by Crippen LogP contribution is -2.21. The Labute approximate surface area is 88.3 Å². The van der Waals surface area contributed by atoms with E-state index in [-0.39, 0.29) is 17.9 Å². The molecule has 4 nitrogen and oxygen atoms in total. The molecule has 3 atom stereocenters. The Kier molecular flexibility index (Phi) is 2.68. The van der Waals surface area contributed by atoms with Crippen molar-refractivity contribution in [3.8, 4) is 0 Å². The van der Waals surface area contributed by atoms with E-state index in [1.165, 1.54) is 0 Å². The van der Waals surface area contributed by atoms with Crippen LogP contribution in [0.1, 0.15) is 18.2 Å². The molecule has 4 heteroatoms. The van der Waals surface area contributed by atoms with Gasteiger partial charge in [0.1, 0.15) is 0 Å². The van der Waals surface area contributed by atoms with Crippen molar-refractivity contribution in [2.75, 3.05) is 7.05 Å². The first-order chi connectivity index (χ1) is 7.24. The molecule has 15 heavy (non-hydrogen) atoms. The Morgan fingerprint density at radius 1 is 1.67 bits per heavy atom. The summed E-state index contributed by atoms with van der Waals surface area (Å²) in [7, 11) is 1.84. The number of carboxylic acid groups (broad SMARTS) is 1. The molecule has 1 heterocycles. The lowest BCUT2D eigenvalue weighted by Gasteiger charge is -2.14. The highest BCUT2D eigenvalue weighted by Gasteiger charge is 2.48. The van der Waals surface area contributed by atoms with Gasteiger partial charge < -0.3 is 10.4 Å². The van der Waals surface area contributed by atoms with Gasteiger partial charge in [0, 0.05) is 6.20 Å². The van der Waals surface area contributed by atoms with E-state index in [1.54, 1.807) is 6.20 Å². The summed E-state index contributed by atoms with van der Waals surface area (Å²) in [5.41, 5.74) is 0.925. The van der Waals surface area contributed by atoms with Crippen molar-refractivity contribution in [2.24, 2.45) is 11.8 Å². The molecule has 80 valence electrons. The zero-order valence-corrected chi connectivity index (χ0v) is 8.55. The number of hydrogen-bond donors (Lipinski definition) is 2. The minimum Gasteiger partial charge on any atom is -0.481 e. The molecule has 1 fully saturated rings. The van der Waals surface area contributed by atoms with Gasteiger partial charge in [-0.1, -0.05) is 6.07 Å². The largest absolute Gasteiger partial charge is 0.481 e. The van der Waals surface area contributed by atoms with Crippen molar-refractivity contribution in [2.45, 2.75) is 12.5 Å². The molecule has 2 N–H and O–H groups in total. The van der Waals surface area contributed by atoms with Crippen LogP contribution in [-0.2, 0) is 4.79 Å². The highest BCUT2D eigenvalue weighted by molar-refractivity contribution is 5.73. The first-order valence-corrected chi connectivity index (χ1v) is 5.05. The third kappa shape index (κ3) is 1.99. The molecule has 1 aromatic rings. The van der Waals surface area contributed by atoms with Gasteiger partial charge in [-0.15, -0.1) is 0 Å². The standard InChI is InChI=1S/C11H14N2O2/c1-12-10(7-6-8(7)11(14)15)9-4-2-3-5-13-9/h2-5,7-8,10,12H,6H2,1H3,(H,14,15). The molecule has 0 radical (unpaired) electrons. The van der Waals surface area contributed by atoms with E-state index in [9.17, 15) is 4.79 Å². The van der Waals surface area contributed by atoms with Crippen molar-refractivity contribution in [3.05, 3.63) is 30.1 Å². The van der Waals surface area contributed by atoms with Crippen LogP contribution in [0.2, 0.25) is 0 Å². The highest BCUT2D eigenvalue weighted by Crippen LogP contribution is 2.46. The van der Waals surface area contributed by atoms with Crippen LogP contribution in [0, 0.1) is 11.8 Å². The molecular formula is C11H14N2O2. The maximum absolute atomic E-state index is 10.8. The van der Waals surface area contributed by atoms with Gasteiger partial charge in [0.2, 0.25) is 0 Å². The molecule has 0 amide bonds. The van der Waals surface area contributed by atoms with Crippen LogP contribution < -0.4 is 5.32 Å². The number of carbonyl (C=O) groups is 1. The minimum absolute atomic E-state index is 0.0623. The Hall–Kier alpha value is -1.42. The summed E-state index contributed by atoms with van der Waals surface area (Å²) in [6.07, 6.45) is 2.48. The smallest absolute Gasteiger partial charge is 0.306 e. The van der Waals surface area contributed by atoms with Crippen LogP contribution in [0.3, 0.4) is 0 Å². The minimum atomic E-state index is -0.698. The summed E-state index contributed by atoms with van der Waals surface area (Å²) in [5.74, 6) is -0.719. The van der Waals surface area contributed by atoms with Crippen LogP contribution in [0.15, 0.2) is 24.4 Å². The van der Waals surface area contributed by atoms with E-state index in [0.29, 0.717) is 0 Å². The number of carboxylic acids is 1. The van der Waals surface area contributed by atoms with E-state index in [2.05, 4.69) is 10.3 Å². The van der Waals surface area contributed by atoms with Gasteiger partial charge in [0.25, 0.3) is 0 Å². The van der Waals surface area contributed by atoms with Crippen LogP contribution in [0.4, 0.5) is 0 Å². The summed E-state index contributed by atoms with van der Waals surface area (Å²) in [6, 6.07) is 5.77. The van der Waals surface area contributed by atoms with Crippen LogP contribution in [0.25, 0.3) is 0 Å². The summed E-state index contributed by atoms with van der Waals surface area (Å²) >= 11 is 0. The fourth-order valence-corrected chi connectivity index (χ4v) is 2.01. The second kappa shape index (κ2) is 3.98. The van der Waals surface area contributed by atoms with E-state index in [1.807, 2.05) is 25.2 Å². The molecule has 3 unspecified atom stereocenters. The summed E-state index contributed by atoms with van der Waals surface area (Å²) in [5, 5.41) is 12.0. The molecule has 1 aliphatic carbocycles. The Morgan fingerprint density at radius 3 is 2.93 bits per heavy atom. The topological polar surface area (TPSA) is 62.2 Å². The van der Waals surface area contributed by atoms with Crippen LogP contribution in [-0.4, -0.2) is 23.1 Å². The number of aliphatic carboxylic acids is 1. The molecule has 1 aromatic heterocycles. The molecule has 0 aliphatic heterocycles. The summed E-state index contributed by atoms with van der Waals surface area (Å²) < 4.78 is 0. The summed E-state index contributed by atoms with van der Waals surface area (Å²) in [4.78, 5) is 15.0. The van der Waals surface area contributed by atoms with Gasteiger partial charge in [0.05, 0.1) is 17.7 Å². The number of hydrogen-bond acceptors (Lipinski definition) is 3. The van der Waals surface area contributed by atoms with Crippen molar-refractivity contribution in [3.63, 3.8) is 0 Å². The summed E-state index contributed by atoms with van der Waals surface area (Å²) in [6.45, 7) is 0. The second-order valence-corrected chi connectivity index (χ2v) is 3.87. The Morgan fingerprint density at radius 2 is 2.47 bits per heavy atom. The lowest BCUT2D eigenvalue weighted by atomic mass is 10.1. The van der Waals surface area contributed by atoms with Crippen molar-refractivity contribution in [1.82, 2.24) is 10.3 Å².